The molecule has 1 N–H and O–H groups in total. The second kappa shape index (κ2) is 6.15. The molecule has 0 amide bonds. The summed E-state index contributed by atoms with van der Waals surface area (Å²) >= 11 is 6.13. The van der Waals surface area contributed by atoms with Gasteiger partial charge in [-0.2, -0.15) is 0 Å². The van der Waals surface area contributed by atoms with Crippen molar-refractivity contribution in [1.29, 1.82) is 0 Å². The van der Waals surface area contributed by atoms with Crippen molar-refractivity contribution in [2.45, 2.75) is 19.9 Å². The summed E-state index contributed by atoms with van der Waals surface area (Å²) in [5.74, 6) is 0. The highest BCUT2D eigenvalue weighted by atomic mass is 35.5. The maximum atomic E-state index is 11.5. The average Bonchev–Trinajstić information content (AvgIpc) is 2.84. The third kappa shape index (κ3) is 3.42. The van der Waals surface area contributed by atoms with Crippen LogP contribution in [0, 0.1) is 0 Å². The number of anilines is 1. The Bertz CT molecular complexity index is 1010. The molecule has 0 aliphatic rings. The fraction of sp³-hybridized carbons (Fsp3) is 0.222. The summed E-state index contributed by atoms with van der Waals surface area (Å²) in [5.41, 5.74) is 3.65. The molecular weight excluding hydrogens is 344 g/mol. The fourth-order valence-electron chi connectivity index (χ4n) is 2.84. The van der Waals surface area contributed by atoms with Gasteiger partial charge in [-0.25, -0.2) is 8.42 Å². The molecule has 0 fully saturated rings. The number of halogens is 1. The lowest BCUT2D eigenvalue weighted by molar-refractivity contribution is 0.607. The number of hydrogen-bond donors (Lipinski definition) is 1. The molecule has 0 saturated carbocycles. The van der Waals surface area contributed by atoms with E-state index < -0.39 is 10.0 Å². The lowest BCUT2D eigenvalue weighted by Crippen LogP contribution is -2.09. The van der Waals surface area contributed by atoms with Crippen LogP contribution in [0.2, 0.25) is 5.02 Å². The first-order valence-electron chi connectivity index (χ1n) is 7.63. The van der Waals surface area contributed by atoms with Gasteiger partial charge in [0.05, 0.1) is 17.5 Å². The first-order chi connectivity index (χ1) is 11.2. The van der Waals surface area contributed by atoms with Gasteiger partial charge in [0.1, 0.15) is 0 Å². The number of aromatic nitrogens is 1. The van der Waals surface area contributed by atoms with Crippen molar-refractivity contribution >= 4 is 38.2 Å². The Labute approximate surface area is 147 Å². The maximum absolute atomic E-state index is 11.5. The van der Waals surface area contributed by atoms with Gasteiger partial charge >= 0.3 is 0 Å². The monoisotopic (exact) mass is 362 g/mol. The van der Waals surface area contributed by atoms with Crippen molar-refractivity contribution in [3.8, 4) is 11.1 Å². The largest absolute Gasteiger partial charge is 0.344 e. The number of rotatable bonds is 4. The minimum absolute atomic E-state index is 0.244. The summed E-state index contributed by atoms with van der Waals surface area (Å²) in [7, 11) is -3.31. The molecule has 6 heteroatoms. The third-order valence-corrected chi connectivity index (χ3v) is 4.67. The first kappa shape index (κ1) is 16.9. The summed E-state index contributed by atoms with van der Waals surface area (Å²) in [6.45, 7) is 4.19. The van der Waals surface area contributed by atoms with Crippen LogP contribution in [-0.2, 0) is 10.0 Å². The Balaban J connectivity index is 2.22. The smallest absolute Gasteiger partial charge is 0.229 e. The lowest BCUT2D eigenvalue weighted by atomic mass is 10.0. The molecule has 0 radical (unpaired) electrons. The molecule has 4 nitrogen and oxygen atoms in total. The van der Waals surface area contributed by atoms with Crippen LogP contribution in [0.4, 0.5) is 5.69 Å². The van der Waals surface area contributed by atoms with E-state index in [-0.39, 0.29) is 6.04 Å². The normalized spacial score (nSPS) is 12.0. The summed E-state index contributed by atoms with van der Waals surface area (Å²) in [4.78, 5) is 0. The van der Waals surface area contributed by atoms with Crippen LogP contribution < -0.4 is 4.72 Å². The van der Waals surface area contributed by atoms with Gasteiger partial charge in [-0.1, -0.05) is 29.8 Å². The van der Waals surface area contributed by atoms with Gasteiger partial charge < -0.3 is 4.57 Å². The summed E-state index contributed by atoms with van der Waals surface area (Å²) in [6, 6.07) is 13.6. The van der Waals surface area contributed by atoms with Crippen LogP contribution in [0.3, 0.4) is 0 Å². The van der Waals surface area contributed by atoms with E-state index in [1.807, 2.05) is 36.4 Å². The predicted molar refractivity (Wildman–Crippen MR) is 101 cm³/mol. The molecule has 0 aliphatic carbocycles. The molecule has 0 aliphatic heterocycles. The van der Waals surface area contributed by atoms with Crippen LogP contribution in [-0.4, -0.2) is 19.2 Å². The zero-order valence-electron chi connectivity index (χ0n) is 13.7. The third-order valence-electron chi connectivity index (χ3n) is 3.83. The van der Waals surface area contributed by atoms with Crippen molar-refractivity contribution < 1.29 is 8.42 Å². The van der Waals surface area contributed by atoms with E-state index in [2.05, 4.69) is 29.3 Å². The Kier molecular flexibility index (Phi) is 4.32. The van der Waals surface area contributed by atoms with E-state index in [1.165, 1.54) is 0 Å². The van der Waals surface area contributed by atoms with Crippen molar-refractivity contribution in [2.24, 2.45) is 0 Å². The van der Waals surface area contributed by atoms with Crippen LogP contribution >= 0.6 is 11.6 Å². The van der Waals surface area contributed by atoms with E-state index in [4.69, 9.17) is 11.6 Å². The number of hydrogen-bond acceptors (Lipinski definition) is 2. The standard InChI is InChI=1S/C18H19ClN2O2S/c1-12(2)21-11-17(13-5-4-6-14(19)9-13)16-8-7-15(10-18(16)21)20-24(3,22)23/h4-12,20H,1-3H3. The van der Waals surface area contributed by atoms with Gasteiger partial charge in [0.2, 0.25) is 10.0 Å². The van der Waals surface area contributed by atoms with E-state index in [1.54, 1.807) is 6.07 Å². The molecule has 2 aromatic carbocycles. The average molecular weight is 363 g/mol. The van der Waals surface area contributed by atoms with Crippen LogP contribution in [0.15, 0.2) is 48.7 Å². The topological polar surface area (TPSA) is 51.1 Å². The number of benzene rings is 2. The quantitative estimate of drug-likeness (QED) is 0.716. The zero-order valence-corrected chi connectivity index (χ0v) is 15.3. The Morgan fingerprint density at radius 1 is 1.12 bits per heavy atom. The van der Waals surface area contributed by atoms with Crippen molar-refractivity contribution in [2.75, 3.05) is 11.0 Å². The van der Waals surface area contributed by atoms with Gasteiger partial charge in [-0.05, 0) is 43.7 Å². The second-order valence-electron chi connectivity index (χ2n) is 6.16. The SMILES string of the molecule is CC(C)n1cc(-c2cccc(Cl)c2)c2ccc(NS(C)(=O)=O)cc21. The summed E-state index contributed by atoms with van der Waals surface area (Å²) in [5, 5.41) is 1.75. The zero-order chi connectivity index (χ0) is 17.5. The molecule has 3 rings (SSSR count). The number of nitrogens with zero attached hydrogens (tertiary/aromatic N) is 1. The number of sulfonamides is 1. The molecular formula is C18H19ClN2O2S. The molecule has 1 aromatic heterocycles. The highest BCUT2D eigenvalue weighted by molar-refractivity contribution is 7.92. The fourth-order valence-corrected chi connectivity index (χ4v) is 3.59. The molecule has 0 atom stereocenters. The van der Waals surface area contributed by atoms with Gasteiger partial charge in [-0.15, -0.1) is 0 Å². The Hall–Kier alpha value is -1.98. The molecule has 0 unspecified atom stereocenters. The first-order valence-corrected chi connectivity index (χ1v) is 9.90. The van der Waals surface area contributed by atoms with Crippen molar-refractivity contribution in [1.82, 2.24) is 4.57 Å². The molecule has 24 heavy (non-hydrogen) atoms. The summed E-state index contributed by atoms with van der Waals surface area (Å²) < 4.78 is 27.6. The van der Waals surface area contributed by atoms with Crippen molar-refractivity contribution in [3.05, 3.63) is 53.7 Å². The molecule has 0 spiro atoms. The van der Waals surface area contributed by atoms with E-state index in [0.717, 1.165) is 28.3 Å². The Morgan fingerprint density at radius 3 is 2.50 bits per heavy atom. The molecule has 126 valence electrons. The molecule has 0 saturated heterocycles. The molecule has 0 bridgehead atoms. The van der Waals surface area contributed by atoms with Crippen LogP contribution in [0.5, 0.6) is 0 Å². The molecule has 3 aromatic rings. The minimum atomic E-state index is -3.31. The second-order valence-corrected chi connectivity index (χ2v) is 8.35. The van der Waals surface area contributed by atoms with E-state index in [0.29, 0.717) is 10.7 Å². The highest BCUT2D eigenvalue weighted by Gasteiger charge is 2.14. The summed E-state index contributed by atoms with van der Waals surface area (Å²) in [6.07, 6.45) is 3.24. The highest BCUT2D eigenvalue weighted by Crippen LogP contribution is 2.35. The minimum Gasteiger partial charge on any atom is -0.344 e. The van der Waals surface area contributed by atoms with Gasteiger partial charge in [0.15, 0.2) is 0 Å². The molecule has 1 heterocycles. The van der Waals surface area contributed by atoms with Gasteiger partial charge in [0, 0.05) is 28.2 Å². The lowest BCUT2D eigenvalue weighted by Gasteiger charge is -2.10. The van der Waals surface area contributed by atoms with Crippen molar-refractivity contribution in [3.63, 3.8) is 0 Å². The van der Waals surface area contributed by atoms with Crippen LogP contribution in [0.25, 0.3) is 22.0 Å². The number of nitrogens with one attached hydrogen (secondary N) is 1. The Morgan fingerprint density at radius 2 is 1.88 bits per heavy atom. The van der Waals surface area contributed by atoms with Crippen LogP contribution in [0.1, 0.15) is 19.9 Å². The van der Waals surface area contributed by atoms with E-state index in [9.17, 15) is 8.42 Å². The van der Waals surface area contributed by atoms with Gasteiger partial charge in [0.25, 0.3) is 0 Å². The predicted octanol–water partition coefficient (Wildman–Crippen LogP) is 4.91. The maximum Gasteiger partial charge on any atom is 0.229 e. The van der Waals surface area contributed by atoms with Gasteiger partial charge in [-0.3, -0.25) is 4.72 Å². The number of fused-ring (bicyclic) bond motifs is 1. The van der Waals surface area contributed by atoms with E-state index >= 15 is 0 Å².